The quantitative estimate of drug-likeness (QED) is 0.871. The molecule has 1 aromatic rings. The molecule has 0 atom stereocenters. The van der Waals surface area contributed by atoms with Gasteiger partial charge in [0, 0.05) is 6.20 Å². The van der Waals surface area contributed by atoms with E-state index < -0.39 is 19.0 Å². The Morgan fingerprint density at radius 2 is 2.33 bits per heavy atom. The van der Waals surface area contributed by atoms with Gasteiger partial charge in [-0.3, -0.25) is 0 Å². The van der Waals surface area contributed by atoms with Gasteiger partial charge >= 0.3 is 5.97 Å². The Bertz CT molecular complexity index is 373. The molecular weight excluding hydrogens is 232 g/mol. The molecule has 0 spiro atoms. The van der Waals surface area contributed by atoms with E-state index in [0.29, 0.717) is 0 Å². The largest absolute Gasteiger partial charge is 0.478 e. The first-order valence-electron chi connectivity index (χ1n) is 3.80. The summed E-state index contributed by atoms with van der Waals surface area (Å²) in [7, 11) is 0. The standard InChI is InChI=1S/C8H6ClF2NO3/c9-5-1-4(8(13)14)2-12-7(5)15-3-6(10)11/h1-2,6H,3H2,(H,13,14). The fourth-order valence-corrected chi connectivity index (χ4v) is 1.01. The summed E-state index contributed by atoms with van der Waals surface area (Å²) in [6.45, 7) is -0.834. The van der Waals surface area contributed by atoms with E-state index in [1.54, 1.807) is 0 Å². The molecule has 0 aliphatic heterocycles. The van der Waals surface area contributed by atoms with Crippen LogP contribution in [0.2, 0.25) is 5.02 Å². The van der Waals surface area contributed by atoms with Crippen molar-refractivity contribution in [2.75, 3.05) is 6.61 Å². The Hall–Kier alpha value is -1.43. The van der Waals surface area contributed by atoms with Crippen molar-refractivity contribution in [1.82, 2.24) is 4.98 Å². The molecule has 82 valence electrons. The second kappa shape index (κ2) is 4.88. The van der Waals surface area contributed by atoms with Crippen molar-refractivity contribution in [3.05, 3.63) is 22.8 Å². The summed E-state index contributed by atoms with van der Waals surface area (Å²) in [6.07, 6.45) is -1.66. The number of aromatic nitrogens is 1. The van der Waals surface area contributed by atoms with Crippen LogP contribution in [0.3, 0.4) is 0 Å². The van der Waals surface area contributed by atoms with Gasteiger partial charge in [-0.1, -0.05) is 11.6 Å². The van der Waals surface area contributed by atoms with Crippen LogP contribution in [0.15, 0.2) is 12.3 Å². The first kappa shape index (κ1) is 11.6. The second-order valence-corrected chi connectivity index (χ2v) is 2.93. The molecule has 7 heteroatoms. The monoisotopic (exact) mass is 237 g/mol. The molecule has 0 aromatic carbocycles. The minimum Gasteiger partial charge on any atom is -0.478 e. The van der Waals surface area contributed by atoms with Crippen molar-refractivity contribution in [2.45, 2.75) is 6.43 Å². The third-order valence-electron chi connectivity index (χ3n) is 1.40. The van der Waals surface area contributed by atoms with E-state index in [9.17, 15) is 13.6 Å². The number of pyridine rings is 1. The number of hydrogen-bond donors (Lipinski definition) is 1. The van der Waals surface area contributed by atoms with Crippen molar-refractivity contribution in [3.63, 3.8) is 0 Å². The molecule has 0 aliphatic rings. The molecule has 0 unspecified atom stereocenters. The van der Waals surface area contributed by atoms with Crippen LogP contribution in [0.5, 0.6) is 5.88 Å². The van der Waals surface area contributed by atoms with Crippen LogP contribution < -0.4 is 4.74 Å². The van der Waals surface area contributed by atoms with Crippen molar-refractivity contribution in [2.24, 2.45) is 0 Å². The number of halogens is 3. The molecule has 0 radical (unpaired) electrons. The average Bonchev–Trinajstić information content (AvgIpc) is 2.15. The van der Waals surface area contributed by atoms with E-state index >= 15 is 0 Å². The van der Waals surface area contributed by atoms with Gasteiger partial charge in [0.05, 0.1) is 5.56 Å². The smallest absolute Gasteiger partial charge is 0.337 e. The molecule has 1 heterocycles. The van der Waals surface area contributed by atoms with E-state index in [1.165, 1.54) is 0 Å². The number of hydrogen-bond acceptors (Lipinski definition) is 3. The number of carboxylic acids is 1. The summed E-state index contributed by atoms with van der Waals surface area (Å²) in [5.74, 6) is -1.41. The Kier molecular flexibility index (Phi) is 3.79. The third-order valence-corrected chi connectivity index (χ3v) is 1.67. The fourth-order valence-electron chi connectivity index (χ4n) is 0.790. The molecule has 0 amide bonds. The predicted octanol–water partition coefficient (Wildman–Crippen LogP) is 2.08. The van der Waals surface area contributed by atoms with E-state index in [1.807, 2.05) is 0 Å². The van der Waals surface area contributed by atoms with Crippen LogP contribution in [0.1, 0.15) is 10.4 Å². The zero-order chi connectivity index (χ0) is 11.4. The van der Waals surface area contributed by atoms with E-state index in [0.717, 1.165) is 12.3 Å². The number of ether oxygens (including phenoxy) is 1. The lowest BCUT2D eigenvalue weighted by Crippen LogP contribution is -2.09. The fraction of sp³-hybridized carbons (Fsp3) is 0.250. The van der Waals surface area contributed by atoms with Crippen molar-refractivity contribution < 1.29 is 23.4 Å². The van der Waals surface area contributed by atoms with E-state index in [2.05, 4.69) is 9.72 Å². The summed E-state index contributed by atoms with van der Waals surface area (Å²) in [5.41, 5.74) is -0.135. The van der Waals surface area contributed by atoms with Gasteiger partial charge in [0.25, 0.3) is 6.43 Å². The van der Waals surface area contributed by atoms with Crippen LogP contribution in [-0.4, -0.2) is 29.1 Å². The van der Waals surface area contributed by atoms with Crippen LogP contribution in [0, 0.1) is 0 Å². The number of nitrogens with zero attached hydrogens (tertiary/aromatic N) is 1. The highest BCUT2D eigenvalue weighted by Crippen LogP contribution is 2.22. The summed E-state index contributed by atoms with van der Waals surface area (Å²) >= 11 is 5.56. The minimum atomic E-state index is -2.64. The van der Waals surface area contributed by atoms with Crippen LogP contribution >= 0.6 is 11.6 Å². The molecule has 0 fully saturated rings. The number of carboxylic acid groups (broad SMARTS) is 1. The maximum atomic E-state index is 11.8. The summed E-state index contributed by atoms with van der Waals surface area (Å²) < 4.78 is 28.1. The second-order valence-electron chi connectivity index (χ2n) is 2.52. The number of rotatable bonds is 4. The zero-order valence-electron chi connectivity index (χ0n) is 7.28. The molecule has 0 saturated heterocycles. The molecule has 1 rings (SSSR count). The average molecular weight is 238 g/mol. The first-order valence-corrected chi connectivity index (χ1v) is 4.18. The lowest BCUT2D eigenvalue weighted by atomic mass is 10.3. The SMILES string of the molecule is O=C(O)c1cnc(OCC(F)F)c(Cl)c1. The molecule has 0 aliphatic carbocycles. The highest BCUT2D eigenvalue weighted by atomic mass is 35.5. The first-order chi connectivity index (χ1) is 7.00. The van der Waals surface area contributed by atoms with Gasteiger partial charge in [-0.05, 0) is 6.07 Å². The topological polar surface area (TPSA) is 59.4 Å². The van der Waals surface area contributed by atoms with Gasteiger partial charge in [-0.25, -0.2) is 18.6 Å². The Morgan fingerprint density at radius 3 is 2.80 bits per heavy atom. The molecule has 1 aromatic heterocycles. The molecule has 0 bridgehead atoms. The highest BCUT2D eigenvalue weighted by molar-refractivity contribution is 6.32. The van der Waals surface area contributed by atoms with Gasteiger partial charge in [-0.2, -0.15) is 0 Å². The van der Waals surface area contributed by atoms with Crippen molar-refractivity contribution in [3.8, 4) is 5.88 Å². The summed E-state index contributed by atoms with van der Waals surface area (Å²) in [4.78, 5) is 14.0. The van der Waals surface area contributed by atoms with Gasteiger partial charge in [0.2, 0.25) is 5.88 Å². The van der Waals surface area contributed by atoms with Gasteiger partial charge in [0.15, 0.2) is 6.61 Å². The lowest BCUT2D eigenvalue weighted by molar-refractivity contribution is 0.0693. The Morgan fingerprint density at radius 1 is 1.67 bits per heavy atom. The number of alkyl halides is 2. The minimum absolute atomic E-state index is 0.115. The van der Waals surface area contributed by atoms with Gasteiger partial charge in [0.1, 0.15) is 5.02 Å². The van der Waals surface area contributed by atoms with Gasteiger partial charge < -0.3 is 9.84 Å². The lowest BCUT2D eigenvalue weighted by Gasteiger charge is -2.06. The molecule has 15 heavy (non-hydrogen) atoms. The third kappa shape index (κ3) is 3.32. The molecule has 4 nitrogen and oxygen atoms in total. The van der Waals surface area contributed by atoms with Crippen LogP contribution in [0.25, 0.3) is 0 Å². The molecule has 1 N–H and O–H groups in total. The predicted molar refractivity (Wildman–Crippen MR) is 47.7 cm³/mol. The van der Waals surface area contributed by atoms with Crippen LogP contribution in [-0.2, 0) is 0 Å². The summed E-state index contributed by atoms with van der Waals surface area (Å²) in [5, 5.41) is 8.44. The molecule has 0 saturated carbocycles. The summed E-state index contributed by atoms with van der Waals surface area (Å²) in [6, 6.07) is 1.08. The normalized spacial score (nSPS) is 10.4. The number of carbonyl (C=O) groups is 1. The molecular formula is C8H6ClF2NO3. The Labute approximate surface area is 88.4 Å². The van der Waals surface area contributed by atoms with Crippen molar-refractivity contribution >= 4 is 17.6 Å². The van der Waals surface area contributed by atoms with E-state index in [4.69, 9.17) is 16.7 Å². The maximum Gasteiger partial charge on any atom is 0.337 e. The zero-order valence-corrected chi connectivity index (χ0v) is 8.04. The van der Waals surface area contributed by atoms with E-state index in [-0.39, 0.29) is 16.5 Å². The number of aromatic carboxylic acids is 1. The Balaban J connectivity index is 2.79. The van der Waals surface area contributed by atoms with Crippen LogP contribution in [0.4, 0.5) is 8.78 Å². The van der Waals surface area contributed by atoms with Crippen molar-refractivity contribution in [1.29, 1.82) is 0 Å². The van der Waals surface area contributed by atoms with Gasteiger partial charge in [-0.15, -0.1) is 0 Å². The highest BCUT2D eigenvalue weighted by Gasteiger charge is 2.11. The maximum absolute atomic E-state index is 11.8.